The van der Waals surface area contributed by atoms with Crippen LogP contribution in [-0.4, -0.2) is 62.2 Å². The second-order valence-electron chi connectivity index (χ2n) is 8.53. The van der Waals surface area contributed by atoms with Crippen molar-refractivity contribution in [2.75, 3.05) is 33.7 Å². The summed E-state index contributed by atoms with van der Waals surface area (Å²) < 4.78 is 27.8. The van der Waals surface area contributed by atoms with Crippen molar-refractivity contribution in [2.24, 2.45) is 0 Å². The average Bonchev–Trinajstić information content (AvgIpc) is 3.32. The van der Waals surface area contributed by atoms with Crippen molar-refractivity contribution in [1.82, 2.24) is 5.06 Å². The van der Waals surface area contributed by atoms with Crippen molar-refractivity contribution in [3.8, 4) is 0 Å². The summed E-state index contributed by atoms with van der Waals surface area (Å²) in [4.78, 5) is 32.2. The van der Waals surface area contributed by atoms with E-state index in [-0.39, 0.29) is 25.1 Å². The SMILES string of the molecule is CCOC(=O)OC1=C(c2c(C)cccc2C)C(=O)N(OCOC)C12CCC1(CC2)OCCO1. The first-order valence-corrected chi connectivity index (χ1v) is 11.3. The molecular weight excluding hydrogens is 430 g/mol. The molecule has 2 heterocycles. The maximum Gasteiger partial charge on any atom is 0.513 e. The van der Waals surface area contributed by atoms with Gasteiger partial charge in [0.05, 0.1) is 25.4 Å². The van der Waals surface area contributed by atoms with Crippen LogP contribution >= 0.6 is 0 Å². The maximum absolute atomic E-state index is 13.8. The Morgan fingerprint density at radius 3 is 2.30 bits per heavy atom. The lowest BCUT2D eigenvalue weighted by atomic mass is 9.77. The Labute approximate surface area is 193 Å². The van der Waals surface area contributed by atoms with Crippen LogP contribution in [0, 0.1) is 13.8 Å². The molecule has 1 saturated carbocycles. The van der Waals surface area contributed by atoms with E-state index < -0.39 is 17.5 Å². The molecule has 1 saturated heterocycles. The number of nitrogens with zero attached hydrogens (tertiary/aromatic N) is 1. The molecule has 0 bridgehead atoms. The minimum atomic E-state index is -1.02. The van der Waals surface area contributed by atoms with Gasteiger partial charge in [0.25, 0.3) is 5.91 Å². The largest absolute Gasteiger partial charge is 0.513 e. The van der Waals surface area contributed by atoms with Gasteiger partial charge in [0, 0.05) is 20.0 Å². The van der Waals surface area contributed by atoms with Gasteiger partial charge in [-0.2, -0.15) is 0 Å². The second kappa shape index (κ2) is 9.42. The highest BCUT2D eigenvalue weighted by atomic mass is 16.8. The molecule has 33 heavy (non-hydrogen) atoms. The molecule has 180 valence electrons. The summed E-state index contributed by atoms with van der Waals surface area (Å²) in [5.74, 6) is -0.822. The Morgan fingerprint density at radius 1 is 1.09 bits per heavy atom. The summed E-state index contributed by atoms with van der Waals surface area (Å²) in [6, 6.07) is 5.77. The number of hydrogen-bond acceptors (Lipinski definition) is 8. The molecule has 1 aromatic rings. The first kappa shape index (κ1) is 23.7. The molecule has 1 aromatic carbocycles. The van der Waals surface area contributed by atoms with Gasteiger partial charge in [-0.3, -0.25) is 4.79 Å². The molecule has 1 aliphatic carbocycles. The molecule has 2 aliphatic heterocycles. The summed E-state index contributed by atoms with van der Waals surface area (Å²) in [5.41, 5.74) is 1.79. The summed E-state index contributed by atoms with van der Waals surface area (Å²) >= 11 is 0. The topological polar surface area (TPSA) is 92.8 Å². The summed E-state index contributed by atoms with van der Waals surface area (Å²) in [6.45, 7) is 6.64. The fraction of sp³-hybridized carbons (Fsp3) is 0.583. The van der Waals surface area contributed by atoms with Crippen molar-refractivity contribution in [3.63, 3.8) is 0 Å². The third kappa shape index (κ3) is 4.14. The van der Waals surface area contributed by atoms with E-state index in [0.29, 0.717) is 44.5 Å². The van der Waals surface area contributed by atoms with Crippen LogP contribution in [0.15, 0.2) is 24.0 Å². The first-order chi connectivity index (χ1) is 15.9. The highest BCUT2D eigenvalue weighted by Crippen LogP contribution is 2.53. The zero-order valence-electron chi connectivity index (χ0n) is 19.6. The third-order valence-corrected chi connectivity index (χ3v) is 6.57. The van der Waals surface area contributed by atoms with Crippen LogP contribution in [0.1, 0.15) is 49.3 Å². The van der Waals surface area contributed by atoms with Gasteiger partial charge in [0.15, 0.2) is 18.3 Å². The van der Waals surface area contributed by atoms with Crippen molar-refractivity contribution in [2.45, 2.75) is 57.8 Å². The van der Waals surface area contributed by atoms with Crippen LogP contribution in [0.3, 0.4) is 0 Å². The number of ether oxygens (including phenoxy) is 5. The lowest BCUT2D eigenvalue weighted by Gasteiger charge is -2.45. The predicted octanol–water partition coefficient (Wildman–Crippen LogP) is 3.62. The fourth-order valence-electron chi connectivity index (χ4n) is 5.07. The van der Waals surface area contributed by atoms with Gasteiger partial charge >= 0.3 is 6.16 Å². The number of rotatable bonds is 6. The first-order valence-electron chi connectivity index (χ1n) is 11.3. The van der Waals surface area contributed by atoms with Crippen LogP contribution in [0.25, 0.3) is 5.57 Å². The Bertz CT molecular complexity index is 920. The Morgan fingerprint density at radius 2 is 1.73 bits per heavy atom. The zero-order valence-corrected chi connectivity index (χ0v) is 19.6. The van der Waals surface area contributed by atoms with E-state index in [0.717, 1.165) is 16.7 Å². The molecule has 4 rings (SSSR count). The highest BCUT2D eigenvalue weighted by molar-refractivity contribution is 6.23. The van der Waals surface area contributed by atoms with Gasteiger partial charge in [-0.1, -0.05) is 18.2 Å². The van der Waals surface area contributed by atoms with Crippen molar-refractivity contribution in [3.05, 3.63) is 40.6 Å². The third-order valence-electron chi connectivity index (χ3n) is 6.57. The minimum absolute atomic E-state index is 0.127. The molecule has 0 aromatic heterocycles. The van der Waals surface area contributed by atoms with Gasteiger partial charge in [-0.25, -0.2) is 14.7 Å². The number of hydroxylamine groups is 2. The fourth-order valence-corrected chi connectivity index (χ4v) is 5.07. The monoisotopic (exact) mass is 461 g/mol. The molecule has 2 fully saturated rings. The molecule has 3 aliphatic rings. The van der Waals surface area contributed by atoms with Crippen molar-refractivity contribution < 1.29 is 38.1 Å². The summed E-state index contributed by atoms with van der Waals surface area (Å²) in [7, 11) is 1.49. The number of methoxy groups -OCH3 is 1. The number of amides is 1. The molecule has 0 radical (unpaired) electrons. The molecule has 9 heteroatoms. The van der Waals surface area contributed by atoms with Gasteiger partial charge in [0.1, 0.15) is 5.54 Å². The highest BCUT2D eigenvalue weighted by Gasteiger charge is 2.60. The molecule has 0 N–H and O–H groups in total. The van der Waals surface area contributed by atoms with E-state index in [9.17, 15) is 9.59 Å². The normalized spacial score (nSPS) is 21.3. The maximum atomic E-state index is 13.8. The Balaban J connectivity index is 1.84. The molecule has 2 spiro atoms. The number of aryl methyl sites for hydroxylation is 2. The van der Waals surface area contributed by atoms with E-state index in [1.807, 2.05) is 32.0 Å². The summed E-state index contributed by atoms with van der Waals surface area (Å²) in [5, 5.41) is 1.31. The Kier molecular flexibility index (Phi) is 6.76. The van der Waals surface area contributed by atoms with Gasteiger partial charge in [0.2, 0.25) is 0 Å². The predicted molar refractivity (Wildman–Crippen MR) is 117 cm³/mol. The smallest absolute Gasteiger partial charge is 0.434 e. The van der Waals surface area contributed by atoms with Crippen molar-refractivity contribution in [1.29, 1.82) is 0 Å². The number of carbonyl (C=O) groups is 2. The number of benzene rings is 1. The van der Waals surface area contributed by atoms with E-state index in [2.05, 4.69) is 0 Å². The lowest BCUT2D eigenvalue weighted by Crippen LogP contribution is -2.54. The molecular formula is C24H31NO8. The van der Waals surface area contributed by atoms with Crippen LogP contribution in [0.4, 0.5) is 4.79 Å². The van der Waals surface area contributed by atoms with Gasteiger partial charge in [-0.15, -0.1) is 0 Å². The summed E-state index contributed by atoms with van der Waals surface area (Å²) in [6.07, 6.45) is 1.02. The van der Waals surface area contributed by atoms with E-state index >= 15 is 0 Å². The van der Waals surface area contributed by atoms with Gasteiger partial charge < -0.3 is 23.7 Å². The van der Waals surface area contributed by atoms with Crippen LogP contribution in [0.2, 0.25) is 0 Å². The standard InChI is InChI=1S/C24H31NO8/c1-5-29-22(27)33-20-19(18-16(2)7-6-8-17(18)3)21(26)25(32-15-28-4)23(20)9-11-24(12-10-23)30-13-14-31-24/h6-8H,5,9-15H2,1-4H3. The number of hydrogen-bond donors (Lipinski definition) is 0. The molecule has 1 amide bonds. The van der Waals surface area contributed by atoms with E-state index in [1.54, 1.807) is 6.92 Å². The Hall–Kier alpha value is -2.46. The zero-order chi connectivity index (χ0) is 23.6. The average molecular weight is 462 g/mol. The van der Waals surface area contributed by atoms with E-state index in [4.69, 9.17) is 28.5 Å². The molecule has 0 unspecified atom stereocenters. The van der Waals surface area contributed by atoms with Crippen molar-refractivity contribution >= 4 is 17.6 Å². The van der Waals surface area contributed by atoms with Crippen LogP contribution in [-0.2, 0) is 33.3 Å². The van der Waals surface area contributed by atoms with E-state index in [1.165, 1.54) is 12.2 Å². The minimum Gasteiger partial charge on any atom is -0.434 e. The molecule has 9 nitrogen and oxygen atoms in total. The van der Waals surface area contributed by atoms with Crippen LogP contribution < -0.4 is 0 Å². The lowest BCUT2D eigenvalue weighted by molar-refractivity contribution is -0.265. The second-order valence-corrected chi connectivity index (χ2v) is 8.53. The van der Waals surface area contributed by atoms with Gasteiger partial charge in [-0.05, 0) is 50.3 Å². The number of carbonyl (C=O) groups excluding carboxylic acids is 2. The molecule has 0 atom stereocenters. The van der Waals surface area contributed by atoms with Crippen LogP contribution in [0.5, 0.6) is 0 Å². The quantitative estimate of drug-likeness (QED) is 0.469.